The van der Waals surface area contributed by atoms with Gasteiger partial charge in [-0.1, -0.05) is 24.3 Å². The predicted octanol–water partition coefficient (Wildman–Crippen LogP) is 4.38. The summed E-state index contributed by atoms with van der Waals surface area (Å²) in [5, 5.41) is 3.17. The van der Waals surface area contributed by atoms with E-state index in [9.17, 15) is 9.18 Å². The van der Waals surface area contributed by atoms with E-state index < -0.39 is 5.60 Å². The summed E-state index contributed by atoms with van der Waals surface area (Å²) >= 11 is 0. The molecule has 0 aliphatic carbocycles. The molecule has 0 radical (unpaired) electrons. The van der Waals surface area contributed by atoms with E-state index in [4.69, 9.17) is 4.74 Å². The van der Waals surface area contributed by atoms with Crippen molar-refractivity contribution in [1.29, 1.82) is 0 Å². The van der Waals surface area contributed by atoms with Crippen LogP contribution in [0.25, 0.3) is 0 Å². The van der Waals surface area contributed by atoms with E-state index in [0.717, 1.165) is 54.9 Å². The Bertz CT molecular complexity index is 840. The standard InChI is InChI=1S/C24H31FN2O2/c1-17-5-6-18(2)22(15-17)29-24(3,4)23(28)26-21-11-13-27(14-12-21)16-19-7-9-20(25)10-8-19/h5-10,15,21H,11-14,16H2,1-4H3,(H,26,28). The van der Waals surface area contributed by atoms with Crippen LogP contribution in [0.2, 0.25) is 0 Å². The number of carbonyl (C=O) groups is 1. The number of nitrogens with zero attached hydrogens (tertiary/aromatic N) is 1. The van der Waals surface area contributed by atoms with Gasteiger partial charge >= 0.3 is 0 Å². The fourth-order valence-corrected chi connectivity index (χ4v) is 3.58. The Morgan fingerprint density at radius 1 is 1.14 bits per heavy atom. The van der Waals surface area contributed by atoms with Gasteiger partial charge in [-0.15, -0.1) is 0 Å². The first-order chi connectivity index (χ1) is 13.7. The lowest BCUT2D eigenvalue weighted by atomic mass is 10.0. The van der Waals surface area contributed by atoms with Gasteiger partial charge in [-0.2, -0.15) is 0 Å². The number of aryl methyl sites for hydroxylation is 2. The van der Waals surface area contributed by atoms with Crippen LogP contribution in [0.1, 0.15) is 43.4 Å². The zero-order chi connectivity index (χ0) is 21.0. The Morgan fingerprint density at radius 3 is 2.45 bits per heavy atom. The molecule has 0 bridgehead atoms. The molecular formula is C24H31FN2O2. The molecule has 1 N–H and O–H groups in total. The number of hydrogen-bond donors (Lipinski definition) is 1. The van der Waals surface area contributed by atoms with Gasteiger partial charge in [0.05, 0.1) is 0 Å². The summed E-state index contributed by atoms with van der Waals surface area (Å²) in [5.41, 5.74) is 2.29. The number of amides is 1. The minimum Gasteiger partial charge on any atom is -0.478 e. The first-order valence-electron chi connectivity index (χ1n) is 10.3. The second-order valence-corrected chi connectivity index (χ2v) is 8.53. The van der Waals surface area contributed by atoms with Crippen molar-refractivity contribution in [2.24, 2.45) is 0 Å². The summed E-state index contributed by atoms with van der Waals surface area (Å²) in [5.74, 6) is 0.454. The molecule has 5 heteroatoms. The molecular weight excluding hydrogens is 367 g/mol. The monoisotopic (exact) mass is 398 g/mol. The van der Waals surface area contributed by atoms with Crippen molar-refractivity contribution in [3.8, 4) is 5.75 Å². The average molecular weight is 399 g/mol. The van der Waals surface area contributed by atoms with Crippen molar-refractivity contribution in [3.63, 3.8) is 0 Å². The summed E-state index contributed by atoms with van der Waals surface area (Å²) in [6.07, 6.45) is 1.79. The van der Waals surface area contributed by atoms with Crippen molar-refractivity contribution < 1.29 is 13.9 Å². The highest BCUT2D eigenvalue weighted by Crippen LogP contribution is 2.25. The van der Waals surface area contributed by atoms with Crippen molar-refractivity contribution in [1.82, 2.24) is 10.2 Å². The fourth-order valence-electron chi connectivity index (χ4n) is 3.58. The maximum absolute atomic E-state index is 13.0. The van der Waals surface area contributed by atoms with E-state index in [2.05, 4.69) is 10.2 Å². The number of halogens is 1. The van der Waals surface area contributed by atoms with Gasteiger partial charge in [0, 0.05) is 25.7 Å². The number of carbonyl (C=O) groups excluding carboxylic acids is 1. The lowest BCUT2D eigenvalue weighted by Crippen LogP contribution is -2.52. The molecule has 1 amide bonds. The SMILES string of the molecule is Cc1ccc(C)c(OC(C)(C)C(=O)NC2CCN(Cc3ccc(F)cc3)CC2)c1. The Labute approximate surface area is 173 Å². The normalized spacial score (nSPS) is 15.9. The quantitative estimate of drug-likeness (QED) is 0.785. The van der Waals surface area contributed by atoms with Gasteiger partial charge in [0.25, 0.3) is 5.91 Å². The number of hydrogen-bond acceptors (Lipinski definition) is 3. The zero-order valence-electron chi connectivity index (χ0n) is 17.8. The van der Waals surface area contributed by atoms with Gasteiger partial charge in [-0.3, -0.25) is 9.69 Å². The Kier molecular flexibility index (Phi) is 6.58. The molecule has 1 saturated heterocycles. The predicted molar refractivity (Wildman–Crippen MR) is 113 cm³/mol. The molecule has 29 heavy (non-hydrogen) atoms. The van der Waals surface area contributed by atoms with Crippen LogP contribution in [-0.2, 0) is 11.3 Å². The summed E-state index contributed by atoms with van der Waals surface area (Å²) in [7, 11) is 0. The van der Waals surface area contributed by atoms with E-state index in [1.54, 1.807) is 0 Å². The molecule has 0 aromatic heterocycles. The lowest BCUT2D eigenvalue weighted by molar-refractivity contribution is -0.135. The topological polar surface area (TPSA) is 41.6 Å². The third-order valence-corrected chi connectivity index (χ3v) is 5.50. The highest BCUT2D eigenvalue weighted by molar-refractivity contribution is 5.85. The van der Waals surface area contributed by atoms with Crippen LogP contribution in [0.3, 0.4) is 0 Å². The number of likely N-dealkylation sites (tertiary alicyclic amines) is 1. The second kappa shape index (κ2) is 8.95. The Hall–Kier alpha value is -2.40. The Balaban J connectivity index is 1.50. The number of nitrogens with one attached hydrogen (secondary N) is 1. The molecule has 1 aliphatic heterocycles. The minimum absolute atomic E-state index is 0.0876. The summed E-state index contributed by atoms with van der Waals surface area (Å²) in [6, 6.07) is 12.8. The number of piperidine rings is 1. The number of ether oxygens (including phenoxy) is 1. The summed E-state index contributed by atoms with van der Waals surface area (Å²) < 4.78 is 19.1. The molecule has 156 valence electrons. The van der Waals surface area contributed by atoms with Crippen LogP contribution in [0.15, 0.2) is 42.5 Å². The molecule has 1 aliphatic rings. The van der Waals surface area contributed by atoms with Crippen molar-refractivity contribution in [3.05, 3.63) is 65.0 Å². The van der Waals surface area contributed by atoms with E-state index in [1.807, 2.05) is 58.0 Å². The maximum atomic E-state index is 13.0. The van der Waals surface area contributed by atoms with Crippen LogP contribution in [0.5, 0.6) is 5.75 Å². The van der Waals surface area contributed by atoms with Gasteiger partial charge in [0.15, 0.2) is 5.60 Å². The minimum atomic E-state index is -0.941. The molecule has 2 aromatic rings. The van der Waals surface area contributed by atoms with Crippen molar-refractivity contribution in [2.75, 3.05) is 13.1 Å². The van der Waals surface area contributed by atoms with Gasteiger partial charge in [0.1, 0.15) is 11.6 Å². The van der Waals surface area contributed by atoms with Crippen molar-refractivity contribution >= 4 is 5.91 Å². The molecule has 0 atom stereocenters. The van der Waals surface area contributed by atoms with E-state index >= 15 is 0 Å². The third kappa shape index (κ3) is 5.80. The van der Waals surface area contributed by atoms with Crippen molar-refractivity contribution in [2.45, 2.75) is 58.7 Å². The van der Waals surface area contributed by atoms with E-state index in [-0.39, 0.29) is 17.8 Å². The highest BCUT2D eigenvalue weighted by atomic mass is 19.1. The highest BCUT2D eigenvalue weighted by Gasteiger charge is 2.33. The zero-order valence-corrected chi connectivity index (χ0v) is 17.8. The van der Waals surface area contributed by atoms with Gasteiger partial charge in [-0.05, 0) is 75.4 Å². The van der Waals surface area contributed by atoms with Gasteiger partial charge in [-0.25, -0.2) is 4.39 Å². The molecule has 2 aromatic carbocycles. The second-order valence-electron chi connectivity index (χ2n) is 8.53. The summed E-state index contributed by atoms with van der Waals surface area (Å²) in [6.45, 7) is 10.2. The maximum Gasteiger partial charge on any atom is 0.263 e. The first-order valence-corrected chi connectivity index (χ1v) is 10.3. The third-order valence-electron chi connectivity index (χ3n) is 5.50. The van der Waals surface area contributed by atoms with Crippen LogP contribution < -0.4 is 10.1 Å². The lowest BCUT2D eigenvalue weighted by Gasteiger charge is -2.34. The molecule has 0 unspecified atom stereocenters. The largest absolute Gasteiger partial charge is 0.478 e. The average Bonchev–Trinajstić information content (AvgIpc) is 2.68. The molecule has 0 spiro atoms. The van der Waals surface area contributed by atoms with Gasteiger partial charge in [0.2, 0.25) is 0 Å². The molecule has 4 nitrogen and oxygen atoms in total. The first kappa shape index (κ1) is 21.3. The van der Waals surface area contributed by atoms with Crippen LogP contribution in [-0.4, -0.2) is 35.5 Å². The smallest absolute Gasteiger partial charge is 0.263 e. The van der Waals surface area contributed by atoms with Crippen LogP contribution in [0.4, 0.5) is 4.39 Å². The molecule has 0 saturated carbocycles. The molecule has 1 heterocycles. The van der Waals surface area contributed by atoms with E-state index in [0.29, 0.717) is 0 Å². The van der Waals surface area contributed by atoms with Gasteiger partial charge < -0.3 is 10.1 Å². The fraction of sp³-hybridized carbons (Fsp3) is 0.458. The number of benzene rings is 2. The molecule has 3 rings (SSSR count). The summed E-state index contributed by atoms with van der Waals surface area (Å²) in [4.78, 5) is 15.2. The molecule has 1 fully saturated rings. The number of rotatable bonds is 6. The van der Waals surface area contributed by atoms with Crippen LogP contribution >= 0.6 is 0 Å². The van der Waals surface area contributed by atoms with E-state index in [1.165, 1.54) is 12.1 Å². The Morgan fingerprint density at radius 2 is 1.79 bits per heavy atom. The van der Waals surface area contributed by atoms with Crippen LogP contribution in [0, 0.1) is 19.7 Å².